The van der Waals surface area contributed by atoms with E-state index in [2.05, 4.69) is 56.9 Å². The van der Waals surface area contributed by atoms with Crippen molar-refractivity contribution in [2.45, 2.75) is 64.6 Å². The van der Waals surface area contributed by atoms with E-state index in [4.69, 9.17) is 5.73 Å². The van der Waals surface area contributed by atoms with Gasteiger partial charge in [0, 0.05) is 11.6 Å². The van der Waals surface area contributed by atoms with Gasteiger partial charge in [0.05, 0.1) is 6.04 Å². The lowest BCUT2D eigenvalue weighted by Gasteiger charge is -2.43. The van der Waals surface area contributed by atoms with Gasteiger partial charge in [-0.2, -0.15) is 0 Å². The van der Waals surface area contributed by atoms with Gasteiger partial charge in [-0.15, -0.1) is 0 Å². The maximum absolute atomic E-state index is 6.49. The fourth-order valence-electron chi connectivity index (χ4n) is 3.13. The average molecular weight is 260 g/mol. The number of hydrogen-bond donors (Lipinski definition) is 1. The molecule has 2 unspecified atom stereocenters. The molecule has 1 aromatic carbocycles. The molecule has 0 amide bonds. The van der Waals surface area contributed by atoms with E-state index in [9.17, 15) is 0 Å². The summed E-state index contributed by atoms with van der Waals surface area (Å²) < 4.78 is 0. The van der Waals surface area contributed by atoms with E-state index in [-0.39, 0.29) is 11.6 Å². The highest BCUT2D eigenvalue weighted by atomic mass is 15.2. The van der Waals surface area contributed by atoms with Crippen LogP contribution in [0.4, 0.5) is 0 Å². The van der Waals surface area contributed by atoms with E-state index >= 15 is 0 Å². The highest BCUT2D eigenvalue weighted by Crippen LogP contribution is 2.34. The normalized spacial score (nSPS) is 26.2. The van der Waals surface area contributed by atoms with E-state index in [1.165, 1.54) is 24.0 Å². The van der Waals surface area contributed by atoms with Crippen LogP contribution in [-0.2, 0) is 0 Å². The number of likely N-dealkylation sites (tertiary alicyclic amines) is 1. The molecule has 2 N–H and O–H groups in total. The molecule has 1 saturated heterocycles. The summed E-state index contributed by atoms with van der Waals surface area (Å²) in [5.41, 5.74) is 9.34. The summed E-state index contributed by atoms with van der Waals surface area (Å²) >= 11 is 0. The first-order chi connectivity index (χ1) is 8.89. The summed E-state index contributed by atoms with van der Waals surface area (Å²) in [6, 6.07) is 9.50. The molecule has 1 fully saturated rings. The van der Waals surface area contributed by atoms with Gasteiger partial charge in [-0.1, -0.05) is 36.2 Å². The number of rotatable bonds is 1. The zero-order valence-electron chi connectivity index (χ0n) is 12.8. The molecular formula is C17H28N2. The van der Waals surface area contributed by atoms with Crippen molar-refractivity contribution in [1.29, 1.82) is 0 Å². The van der Waals surface area contributed by atoms with Gasteiger partial charge in [0.1, 0.15) is 0 Å². The van der Waals surface area contributed by atoms with Crippen LogP contribution in [0, 0.1) is 6.92 Å². The molecule has 106 valence electrons. The number of aryl methyl sites for hydroxylation is 1. The van der Waals surface area contributed by atoms with E-state index in [1.54, 1.807) is 0 Å². The lowest BCUT2D eigenvalue weighted by Crippen LogP contribution is -2.49. The number of hydrogen-bond acceptors (Lipinski definition) is 2. The Morgan fingerprint density at radius 3 is 2.32 bits per heavy atom. The first kappa shape index (κ1) is 14.5. The molecule has 1 aliphatic heterocycles. The van der Waals surface area contributed by atoms with Crippen molar-refractivity contribution in [2.75, 3.05) is 6.54 Å². The van der Waals surface area contributed by atoms with Crippen molar-refractivity contribution in [3.05, 3.63) is 35.4 Å². The number of nitrogens with zero attached hydrogens (tertiary/aromatic N) is 1. The topological polar surface area (TPSA) is 29.3 Å². The molecule has 2 nitrogen and oxygen atoms in total. The van der Waals surface area contributed by atoms with Gasteiger partial charge in [0.15, 0.2) is 0 Å². The van der Waals surface area contributed by atoms with Crippen LogP contribution in [0.3, 0.4) is 0 Å². The zero-order chi connectivity index (χ0) is 14.0. The summed E-state index contributed by atoms with van der Waals surface area (Å²) in [4.78, 5) is 2.59. The van der Waals surface area contributed by atoms with Crippen molar-refractivity contribution in [2.24, 2.45) is 5.73 Å². The summed E-state index contributed by atoms with van der Waals surface area (Å²) in [6.45, 7) is 10.2. The maximum atomic E-state index is 6.49. The predicted molar refractivity (Wildman–Crippen MR) is 82.2 cm³/mol. The Morgan fingerprint density at radius 2 is 1.74 bits per heavy atom. The van der Waals surface area contributed by atoms with Crippen molar-refractivity contribution < 1.29 is 0 Å². The lowest BCUT2D eigenvalue weighted by atomic mass is 9.92. The molecule has 1 heterocycles. The highest BCUT2D eigenvalue weighted by molar-refractivity contribution is 5.26. The van der Waals surface area contributed by atoms with Crippen molar-refractivity contribution >= 4 is 0 Å². The van der Waals surface area contributed by atoms with Gasteiger partial charge < -0.3 is 5.73 Å². The van der Waals surface area contributed by atoms with Gasteiger partial charge in [0.25, 0.3) is 0 Å². The lowest BCUT2D eigenvalue weighted by molar-refractivity contribution is 0.0755. The second-order valence-corrected chi connectivity index (χ2v) is 6.88. The second-order valence-electron chi connectivity index (χ2n) is 6.88. The van der Waals surface area contributed by atoms with E-state index in [1.807, 2.05) is 0 Å². The molecule has 0 aliphatic carbocycles. The van der Waals surface area contributed by atoms with Crippen LogP contribution in [0.1, 0.15) is 57.2 Å². The Hall–Kier alpha value is -0.860. The minimum Gasteiger partial charge on any atom is -0.326 e. The van der Waals surface area contributed by atoms with Crippen LogP contribution in [-0.4, -0.2) is 23.0 Å². The Morgan fingerprint density at radius 1 is 1.11 bits per heavy atom. The molecule has 19 heavy (non-hydrogen) atoms. The van der Waals surface area contributed by atoms with Gasteiger partial charge in [-0.05, 0) is 52.6 Å². The van der Waals surface area contributed by atoms with E-state index in [0.29, 0.717) is 6.04 Å². The fourth-order valence-corrected chi connectivity index (χ4v) is 3.13. The molecule has 0 radical (unpaired) electrons. The third kappa shape index (κ3) is 3.37. The molecular weight excluding hydrogens is 232 g/mol. The van der Waals surface area contributed by atoms with Crippen molar-refractivity contribution in [3.63, 3.8) is 0 Å². The third-order valence-corrected chi connectivity index (χ3v) is 4.21. The molecule has 2 rings (SSSR count). The monoisotopic (exact) mass is 260 g/mol. The molecule has 2 atom stereocenters. The van der Waals surface area contributed by atoms with Crippen LogP contribution in [0.2, 0.25) is 0 Å². The molecule has 0 spiro atoms. The first-order valence-corrected chi connectivity index (χ1v) is 7.48. The van der Waals surface area contributed by atoms with Crippen LogP contribution < -0.4 is 5.73 Å². The maximum Gasteiger partial charge on any atom is 0.0504 e. The molecule has 1 aromatic rings. The van der Waals surface area contributed by atoms with Crippen LogP contribution in [0.15, 0.2) is 24.3 Å². The van der Waals surface area contributed by atoms with Crippen LogP contribution in [0.25, 0.3) is 0 Å². The first-order valence-electron chi connectivity index (χ1n) is 7.48. The number of nitrogens with two attached hydrogens (primary N) is 1. The van der Waals surface area contributed by atoms with Crippen molar-refractivity contribution in [3.8, 4) is 0 Å². The summed E-state index contributed by atoms with van der Waals surface area (Å²) in [7, 11) is 0. The molecule has 2 heteroatoms. The largest absolute Gasteiger partial charge is 0.326 e. The summed E-state index contributed by atoms with van der Waals surface area (Å²) in [5.74, 6) is 0. The molecule has 1 aliphatic rings. The van der Waals surface area contributed by atoms with E-state index in [0.717, 1.165) is 13.0 Å². The Balaban J connectivity index is 2.36. The average Bonchev–Trinajstić information content (AvgIpc) is 2.52. The summed E-state index contributed by atoms with van der Waals surface area (Å²) in [5, 5.41) is 0. The van der Waals surface area contributed by atoms with Gasteiger partial charge in [0.2, 0.25) is 0 Å². The quantitative estimate of drug-likeness (QED) is 0.835. The number of benzene rings is 1. The highest BCUT2D eigenvalue weighted by Gasteiger charge is 2.34. The standard InChI is InChI=1S/C17H28N2/c1-13-8-10-14(11-9-13)16-15(18)7-5-6-12-19(16)17(2,3)4/h8-11,15-16H,5-7,12,18H2,1-4H3. The molecule has 0 saturated carbocycles. The minimum atomic E-state index is 0.164. The van der Waals surface area contributed by atoms with Gasteiger partial charge in [-0.3, -0.25) is 4.90 Å². The third-order valence-electron chi connectivity index (χ3n) is 4.21. The smallest absolute Gasteiger partial charge is 0.0504 e. The molecule has 0 aromatic heterocycles. The minimum absolute atomic E-state index is 0.164. The Bertz CT molecular complexity index is 402. The molecule has 0 bridgehead atoms. The van der Waals surface area contributed by atoms with E-state index < -0.39 is 0 Å². The predicted octanol–water partition coefficient (Wildman–Crippen LogP) is 3.65. The fraction of sp³-hybridized carbons (Fsp3) is 0.647. The SMILES string of the molecule is Cc1ccc(C2C(N)CCCCN2C(C)(C)C)cc1. The zero-order valence-corrected chi connectivity index (χ0v) is 12.8. The van der Waals surface area contributed by atoms with Crippen molar-refractivity contribution in [1.82, 2.24) is 4.90 Å². The Labute approximate surface area is 118 Å². The van der Waals surface area contributed by atoms with Gasteiger partial charge in [-0.25, -0.2) is 0 Å². The van der Waals surface area contributed by atoms with Gasteiger partial charge >= 0.3 is 0 Å². The Kier molecular flexibility index (Phi) is 4.32. The summed E-state index contributed by atoms with van der Waals surface area (Å²) in [6.07, 6.45) is 3.63. The van der Waals surface area contributed by atoms with Crippen LogP contribution >= 0.6 is 0 Å². The second kappa shape index (κ2) is 5.64. The van der Waals surface area contributed by atoms with Crippen LogP contribution in [0.5, 0.6) is 0 Å².